The van der Waals surface area contributed by atoms with Crippen molar-refractivity contribution in [3.63, 3.8) is 0 Å². The fourth-order valence-electron chi connectivity index (χ4n) is 4.57. The van der Waals surface area contributed by atoms with Crippen molar-refractivity contribution in [3.8, 4) is 0 Å². The molecule has 0 bridgehead atoms. The highest BCUT2D eigenvalue weighted by Crippen LogP contribution is 2.28. The third kappa shape index (κ3) is 12.8. The van der Waals surface area contributed by atoms with E-state index in [0.717, 1.165) is 43.2 Å². The van der Waals surface area contributed by atoms with Gasteiger partial charge in [-0.3, -0.25) is 14.4 Å². The maximum absolute atomic E-state index is 14.2. The standard InChI is InChI=1S/C31H52N4O5/c1-9-10-11-12-13-14-19-35(27(28(37)33-21(2)3)24-16-15-22(4)20-23(24)5)29(38)25(17-18-26(32)36)34-30(39)40-31(6,7)8/h15-16,20-21,25,27H,9-14,17-19H2,1-8H3,(H2,32,36)(H,33,37)(H,34,39). The van der Waals surface area contributed by atoms with Gasteiger partial charge in [0, 0.05) is 19.0 Å². The van der Waals surface area contributed by atoms with Crippen molar-refractivity contribution in [1.82, 2.24) is 15.5 Å². The minimum absolute atomic E-state index is 0.00813. The van der Waals surface area contributed by atoms with Crippen LogP contribution in [0.5, 0.6) is 0 Å². The smallest absolute Gasteiger partial charge is 0.408 e. The number of rotatable bonds is 16. The second-order valence-electron chi connectivity index (χ2n) is 11.9. The first kappa shape index (κ1) is 34.9. The van der Waals surface area contributed by atoms with Gasteiger partial charge in [0.05, 0.1) is 0 Å². The second kappa shape index (κ2) is 16.9. The quantitative estimate of drug-likeness (QED) is 0.239. The van der Waals surface area contributed by atoms with Gasteiger partial charge in [0.15, 0.2) is 0 Å². The van der Waals surface area contributed by atoms with Crippen LogP contribution in [-0.4, -0.2) is 52.9 Å². The minimum atomic E-state index is -1.09. The summed E-state index contributed by atoms with van der Waals surface area (Å²) in [5.74, 6) is -1.34. The van der Waals surface area contributed by atoms with Crippen molar-refractivity contribution < 1.29 is 23.9 Å². The average Bonchev–Trinajstić information content (AvgIpc) is 2.82. The molecule has 1 rings (SSSR count). The largest absolute Gasteiger partial charge is 0.444 e. The zero-order valence-corrected chi connectivity index (χ0v) is 25.9. The van der Waals surface area contributed by atoms with Gasteiger partial charge in [-0.1, -0.05) is 62.8 Å². The third-order valence-electron chi connectivity index (χ3n) is 6.41. The average molecular weight is 561 g/mol. The zero-order valence-electron chi connectivity index (χ0n) is 25.9. The molecule has 0 spiro atoms. The number of amides is 4. The second-order valence-corrected chi connectivity index (χ2v) is 11.9. The monoisotopic (exact) mass is 560 g/mol. The van der Waals surface area contributed by atoms with Crippen molar-refractivity contribution in [2.24, 2.45) is 5.73 Å². The van der Waals surface area contributed by atoms with E-state index in [-0.39, 0.29) is 24.8 Å². The van der Waals surface area contributed by atoms with Gasteiger partial charge in [-0.15, -0.1) is 0 Å². The number of unbranched alkanes of at least 4 members (excludes halogenated alkanes) is 5. The highest BCUT2D eigenvalue weighted by atomic mass is 16.6. The number of hydrogen-bond donors (Lipinski definition) is 3. The molecular formula is C31H52N4O5. The Morgan fingerprint density at radius 2 is 1.60 bits per heavy atom. The van der Waals surface area contributed by atoms with E-state index >= 15 is 0 Å². The molecule has 9 heteroatoms. The lowest BCUT2D eigenvalue weighted by Crippen LogP contribution is -2.54. The number of aryl methyl sites for hydroxylation is 2. The number of carbonyl (C=O) groups excluding carboxylic acids is 4. The van der Waals surface area contributed by atoms with E-state index in [2.05, 4.69) is 17.6 Å². The van der Waals surface area contributed by atoms with Crippen LogP contribution in [0.15, 0.2) is 18.2 Å². The molecule has 1 aromatic rings. The summed E-state index contributed by atoms with van der Waals surface area (Å²) >= 11 is 0. The molecule has 0 aliphatic carbocycles. The van der Waals surface area contributed by atoms with Crippen LogP contribution in [-0.2, 0) is 19.1 Å². The molecule has 4 amide bonds. The molecule has 0 aliphatic heterocycles. The van der Waals surface area contributed by atoms with Gasteiger partial charge in [0.2, 0.25) is 17.7 Å². The Morgan fingerprint density at radius 1 is 0.975 bits per heavy atom. The maximum atomic E-state index is 14.2. The normalized spacial score (nSPS) is 12.9. The first-order valence-corrected chi connectivity index (χ1v) is 14.6. The maximum Gasteiger partial charge on any atom is 0.408 e. The van der Waals surface area contributed by atoms with Crippen LogP contribution in [0.4, 0.5) is 4.79 Å². The Morgan fingerprint density at radius 3 is 2.15 bits per heavy atom. The molecule has 4 N–H and O–H groups in total. The van der Waals surface area contributed by atoms with Crippen LogP contribution < -0.4 is 16.4 Å². The van der Waals surface area contributed by atoms with E-state index in [9.17, 15) is 19.2 Å². The molecule has 226 valence electrons. The van der Waals surface area contributed by atoms with Gasteiger partial charge >= 0.3 is 6.09 Å². The zero-order chi connectivity index (χ0) is 30.5. The number of carbonyl (C=O) groups is 4. The third-order valence-corrected chi connectivity index (χ3v) is 6.41. The van der Waals surface area contributed by atoms with Gasteiger partial charge in [-0.05, 0) is 72.4 Å². The van der Waals surface area contributed by atoms with E-state index in [0.29, 0.717) is 18.5 Å². The van der Waals surface area contributed by atoms with Crippen LogP contribution in [0.2, 0.25) is 0 Å². The molecule has 0 aliphatic rings. The number of benzene rings is 1. The molecule has 0 aromatic heterocycles. The summed E-state index contributed by atoms with van der Waals surface area (Å²) in [5, 5.41) is 5.62. The fourth-order valence-corrected chi connectivity index (χ4v) is 4.57. The predicted molar refractivity (Wildman–Crippen MR) is 159 cm³/mol. The predicted octanol–water partition coefficient (Wildman–Crippen LogP) is 5.22. The Labute approximate surface area is 241 Å². The fraction of sp³-hybridized carbons (Fsp3) is 0.677. The lowest BCUT2D eigenvalue weighted by Gasteiger charge is -2.35. The van der Waals surface area contributed by atoms with Crippen molar-refractivity contribution >= 4 is 23.8 Å². The highest BCUT2D eigenvalue weighted by Gasteiger charge is 2.37. The number of primary amides is 1. The van der Waals surface area contributed by atoms with Crippen LogP contribution in [0.25, 0.3) is 0 Å². The summed E-state index contributed by atoms with van der Waals surface area (Å²) in [7, 11) is 0. The van der Waals surface area contributed by atoms with Gasteiger partial charge in [-0.25, -0.2) is 4.79 Å². The molecule has 1 aromatic carbocycles. The Hall–Kier alpha value is -3.10. The first-order valence-electron chi connectivity index (χ1n) is 14.6. The minimum Gasteiger partial charge on any atom is -0.444 e. The Bertz CT molecular complexity index is 986. The number of nitrogens with one attached hydrogen (secondary N) is 2. The van der Waals surface area contributed by atoms with E-state index in [1.54, 1.807) is 25.7 Å². The van der Waals surface area contributed by atoms with Crippen LogP contribution >= 0.6 is 0 Å². The molecule has 9 nitrogen and oxygen atoms in total. The van der Waals surface area contributed by atoms with Crippen molar-refractivity contribution in [2.45, 2.75) is 130 Å². The van der Waals surface area contributed by atoms with Gasteiger partial charge in [0.25, 0.3) is 0 Å². The molecule has 0 radical (unpaired) electrons. The molecular weight excluding hydrogens is 508 g/mol. The number of nitrogens with zero attached hydrogens (tertiary/aromatic N) is 1. The molecule has 2 unspecified atom stereocenters. The van der Waals surface area contributed by atoms with E-state index < -0.39 is 35.6 Å². The lowest BCUT2D eigenvalue weighted by atomic mass is 9.95. The summed E-state index contributed by atoms with van der Waals surface area (Å²) in [6.07, 6.45) is 5.14. The van der Waals surface area contributed by atoms with Crippen LogP contribution in [0.3, 0.4) is 0 Å². The van der Waals surface area contributed by atoms with Crippen molar-refractivity contribution in [1.29, 1.82) is 0 Å². The van der Waals surface area contributed by atoms with Gasteiger partial charge in [0.1, 0.15) is 17.7 Å². The van der Waals surface area contributed by atoms with Crippen LogP contribution in [0, 0.1) is 13.8 Å². The number of nitrogens with two attached hydrogens (primary N) is 1. The van der Waals surface area contributed by atoms with E-state index in [4.69, 9.17) is 10.5 Å². The van der Waals surface area contributed by atoms with Crippen molar-refractivity contribution in [3.05, 3.63) is 34.9 Å². The molecule has 0 saturated heterocycles. The summed E-state index contributed by atoms with van der Waals surface area (Å²) < 4.78 is 5.40. The molecule has 0 fully saturated rings. The number of ether oxygens (including phenoxy) is 1. The highest BCUT2D eigenvalue weighted by molar-refractivity contribution is 5.92. The molecule has 0 saturated carbocycles. The van der Waals surface area contributed by atoms with E-state index in [1.165, 1.54) is 0 Å². The summed E-state index contributed by atoms with van der Waals surface area (Å²) in [4.78, 5) is 53.9. The Balaban J connectivity index is 3.52. The molecule has 2 atom stereocenters. The number of alkyl carbamates (subject to hydrolysis) is 1. The number of hydrogen-bond acceptors (Lipinski definition) is 5. The first-order chi connectivity index (χ1) is 18.7. The van der Waals surface area contributed by atoms with Crippen molar-refractivity contribution in [2.75, 3.05) is 6.54 Å². The lowest BCUT2D eigenvalue weighted by molar-refractivity contribution is -0.143. The summed E-state index contributed by atoms with van der Waals surface area (Å²) in [6.45, 7) is 15.3. The molecule has 40 heavy (non-hydrogen) atoms. The van der Waals surface area contributed by atoms with Gasteiger partial charge < -0.3 is 26.0 Å². The SMILES string of the molecule is CCCCCCCCN(C(=O)C(CCC(N)=O)NC(=O)OC(C)(C)C)C(C(=O)NC(C)C)c1ccc(C)cc1C. The van der Waals surface area contributed by atoms with Crippen LogP contribution in [0.1, 0.15) is 116 Å². The summed E-state index contributed by atoms with van der Waals surface area (Å²) in [6, 6.07) is 3.65. The molecule has 0 heterocycles. The van der Waals surface area contributed by atoms with E-state index in [1.807, 2.05) is 45.9 Å². The summed E-state index contributed by atoms with van der Waals surface area (Å²) in [5.41, 5.74) is 7.27. The Kier molecular flexibility index (Phi) is 14.7. The van der Waals surface area contributed by atoms with Gasteiger partial charge in [-0.2, -0.15) is 0 Å². The topological polar surface area (TPSA) is 131 Å².